The van der Waals surface area contributed by atoms with Gasteiger partial charge in [0.05, 0.1) is 6.61 Å². The first-order valence-corrected chi connectivity index (χ1v) is 8.24. The molecule has 0 radical (unpaired) electrons. The minimum absolute atomic E-state index is 0.505. The van der Waals surface area contributed by atoms with Gasteiger partial charge in [0.25, 0.3) is 0 Å². The van der Waals surface area contributed by atoms with Crippen molar-refractivity contribution >= 4 is 17.7 Å². The summed E-state index contributed by atoms with van der Waals surface area (Å²) >= 11 is 1.66. The summed E-state index contributed by atoms with van der Waals surface area (Å²) in [6, 6.07) is 7.24. The third-order valence-corrected chi connectivity index (χ3v) is 3.53. The molecule has 0 fully saturated rings. The molecule has 0 saturated heterocycles. The Bertz CT molecular complexity index is 412. The third kappa shape index (κ3) is 5.84. The lowest BCUT2D eigenvalue weighted by Crippen LogP contribution is -2.36. The molecule has 2 N–H and O–H groups in total. The van der Waals surface area contributed by atoms with Crippen LogP contribution >= 0.6 is 11.8 Å². The Balaban J connectivity index is 2.60. The summed E-state index contributed by atoms with van der Waals surface area (Å²) in [5, 5.41) is 12.3. The molecule has 0 aromatic heterocycles. The molecule has 0 aliphatic rings. The normalized spacial score (nSPS) is 12.1. The van der Waals surface area contributed by atoms with Gasteiger partial charge in [0, 0.05) is 12.1 Å². The highest BCUT2D eigenvalue weighted by atomic mass is 32.2. The molecular weight excluding hydrogens is 274 g/mol. The molecular formula is C15H23NO3S. The molecule has 1 atom stereocenters. The Morgan fingerprint density at radius 3 is 2.85 bits per heavy atom. The number of para-hydroxylation sites is 1. The second-order valence-corrected chi connectivity index (χ2v) is 5.49. The summed E-state index contributed by atoms with van der Waals surface area (Å²) in [5.74, 6) is 0.861. The van der Waals surface area contributed by atoms with Crippen LogP contribution in [0, 0.1) is 0 Å². The fraction of sp³-hybridized carbons (Fsp3) is 0.533. The number of carboxylic acid groups (broad SMARTS) is 1. The van der Waals surface area contributed by atoms with Crippen LogP contribution in [0.25, 0.3) is 0 Å². The van der Waals surface area contributed by atoms with E-state index >= 15 is 0 Å². The number of carboxylic acids is 1. The Morgan fingerprint density at radius 2 is 2.20 bits per heavy atom. The summed E-state index contributed by atoms with van der Waals surface area (Å²) < 4.78 is 5.67. The zero-order valence-corrected chi connectivity index (χ0v) is 12.9. The van der Waals surface area contributed by atoms with Crippen molar-refractivity contribution in [2.75, 3.05) is 18.6 Å². The van der Waals surface area contributed by atoms with Crippen LogP contribution in [0.4, 0.5) is 0 Å². The molecule has 0 amide bonds. The van der Waals surface area contributed by atoms with E-state index in [1.165, 1.54) is 0 Å². The van der Waals surface area contributed by atoms with Crippen molar-refractivity contribution in [1.82, 2.24) is 5.32 Å². The predicted molar refractivity (Wildman–Crippen MR) is 83.5 cm³/mol. The van der Waals surface area contributed by atoms with Crippen molar-refractivity contribution in [1.29, 1.82) is 0 Å². The van der Waals surface area contributed by atoms with E-state index in [0.29, 0.717) is 19.6 Å². The number of carbonyl (C=O) groups is 1. The van der Waals surface area contributed by atoms with Crippen molar-refractivity contribution in [3.05, 3.63) is 29.8 Å². The standard InChI is InChI=1S/C15H23NO3S/c1-3-9-19-14-7-5-4-6-12(14)11-16-13(15(17)18)8-10-20-2/h4-7,13,16H,3,8-11H2,1-2H3,(H,17,18). The van der Waals surface area contributed by atoms with Gasteiger partial charge in [0.2, 0.25) is 0 Å². The number of hydrogen-bond acceptors (Lipinski definition) is 4. The number of thioether (sulfide) groups is 1. The molecule has 1 rings (SSSR count). The minimum atomic E-state index is -0.800. The summed E-state index contributed by atoms with van der Waals surface area (Å²) in [6.07, 6.45) is 3.55. The van der Waals surface area contributed by atoms with Crippen molar-refractivity contribution in [2.24, 2.45) is 0 Å². The number of ether oxygens (including phenoxy) is 1. The van der Waals surface area contributed by atoms with Crippen molar-refractivity contribution in [3.63, 3.8) is 0 Å². The molecule has 1 aromatic carbocycles. The molecule has 0 aliphatic carbocycles. The molecule has 5 heteroatoms. The lowest BCUT2D eigenvalue weighted by Gasteiger charge is -2.16. The SMILES string of the molecule is CCCOc1ccccc1CNC(CCSC)C(=O)O. The molecule has 0 saturated carbocycles. The van der Waals surface area contributed by atoms with Crippen LogP contribution in [0.1, 0.15) is 25.3 Å². The van der Waals surface area contributed by atoms with Gasteiger partial charge in [0.15, 0.2) is 0 Å². The van der Waals surface area contributed by atoms with E-state index in [1.807, 2.05) is 30.5 Å². The minimum Gasteiger partial charge on any atom is -0.493 e. The predicted octanol–water partition coefficient (Wildman–Crippen LogP) is 2.77. The Kier molecular flexibility index (Phi) is 8.14. The van der Waals surface area contributed by atoms with E-state index in [4.69, 9.17) is 4.74 Å². The fourth-order valence-corrected chi connectivity index (χ4v) is 2.26. The first kappa shape index (κ1) is 16.9. The van der Waals surface area contributed by atoms with Crippen molar-refractivity contribution in [2.45, 2.75) is 32.4 Å². The van der Waals surface area contributed by atoms with Crippen molar-refractivity contribution in [3.8, 4) is 5.75 Å². The van der Waals surface area contributed by atoms with Crippen LogP contribution in [-0.4, -0.2) is 35.7 Å². The molecule has 4 nitrogen and oxygen atoms in total. The highest BCUT2D eigenvalue weighted by molar-refractivity contribution is 7.98. The molecule has 0 spiro atoms. The number of hydrogen-bond donors (Lipinski definition) is 2. The Labute approximate surface area is 124 Å². The fourth-order valence-electron chi connectivity index (χ4n) is 1.78. The Morgan fingerprint density at radius 1 is 1.45 bits per heavy atom. The van der Waals surface area contributed by atoms with Crippen LogP contribution in [-0.2, 0) is 11.3 Å². The highest BCUT2D eigenvalue weighted by Crippen LogP contribution is 2.18. The molecule has 1 unspecified atom stereocenters. The van der Waals surface area contributed by atoms with Gasteiger partial charge in [-0.25, -0.2) is 0 Å². The number of rotatable bonds is 10. The average molecular weight is 297 g/mol. The van der Waals surface area contributed by atoms with E-state index in [9.17, 15) is 9.90 Å². The lowest BCUT2D eigenvalue weighted by molar-refractivity contribution is -0.139. The molecule has 0 aliphatic heterocycles. The topological polar surface area (TPSA) is 58.6 Å². The Hall–Kier alpha value is -1.20. The van der Waals surface area contributed by atoms with Crippen LogP contribution in [0.2, 0.25) is 0 Å². The van der Waals surface area contributed by atoms with Crippen LogP contribution in [0.15, 0.2) is 24.3 Å². The molecule has 20 heavy (non-hydrogen) atoms. The quantitative estimate of drug-likeness (QED) is 0.695. The second-order valence-electron chi connectivity index (χ2n) is 4.51. The largest absolute Gasteiger partial charge is 0.493 e. The van der Waals surface area contributed by atoms with E-state index in [2.05, 4.69) is 12.2 Å². The van der Waals surface area contributed by atoms with Gasteiger partial charge in [-0.3, -0.25) is 4.79 Å². The van der Waals surface area contributed by atoms with Gasteiger partial charge in [-0.1, -0.05) is 25.1 Å². The maximum atomic E-state index is 11.2. The van der Waals surface area contributed by atoms with Crippen LogP contribution in [0.5, 0.6) is 5.75 Å². The second kappa shape index (κ2) is 9.66. The highest BCUT2D eigenvalue weighted by Gasteiger charge is 2.16. The first-order valence-electron chi connectivity index (χ1n) is 6.84. The van der Waals surface area contributed by atoms with Gasteiger partial charge in [-0.05, 0) is 30.9 Å². The molecule has 0 heterocycles. The van der Waals surface area contributed by atoms with Gasteiger partial charge in [0.1, 0.15) is 11.8 Å². The maximum Gasteiger partial charge on any atom is 0.320 e. The van der Waals surface area contributed by atoms with E-state index in [-0.39, 0.29) is 0 Å². The van der Waals surface area contributed by atoms with Gasteiger partial charge in [-0.2, -0.15) is 11.8 Å². The van der Waals surface area contributed by atoms with E-state index < -0.39 is 12.0 Å². The van der Waals surface area contributed by atoms with E-state index in [1.54, 1.807) is 11.8 Å². The van der Waals surface area contributed by atoms with Crippen molar-refractivity contribution < 1.29 is 14.6 Å². The van der Waals surface area contributed by atoms with Crippen LogP contribution < -0.4 is 10.1 Å². The third-order valence-electron chi connectivity index (χ3n) is 2.88. The van der Waals surface area contributed by atoms with Gasteiger partial charge >= 0.3 is 5.97 Å². The molecule has 112 valence electrons. The monoisotopic (exact) mass is 297 g/mol. The zero-order valence-electron chi connectivity index (χ0n) is 12.1. The average Bonchev–Trinajstić information content (AvgIpc) is 2.45. The van der Waals surface area contributed by atoms with E-state index in [0.717, 1.165) is 23.5 Å². The molecule has 0 bridgehead atoms. The molecule has 1 aromatic rings. The summed E-state index contributed by atoms with van der Waals surface area (Å²) in [4.78, 5) is 11.2. The summed E-state index contributed by atoms with van der Waals surface area (Å²) in [6.45, 7) is 3.24. The first-order chi connectivity index (χ1) is 9.69. The maximum absolute atomic E-state index is 11.2. The summed E-state index contributed by atoms with van der Waals surface area (Å²) in [7, 11) is 0. The zero-order chi connectivity index (χ0) is 14.8. The van der Waals surface area contributed by atoms with Crippen LogP contribution in [0.3, 0.4) is 0 Å². The van der Waals surface area contributed by atoms with Gasteiger partial charge < -0.3 is 15.2 Å². The lowest BCUT2D eigenvalue weighted by atomic mass is 10.1. The number of aliphatic carboxylic acids is 1. The number of nitrogens with one attached hydrogen (secondary N) is 1. The smallest absolute Gasteiger partial charge is 0.320 e. The summed E-state index contributed by atoms with van der Waals surface area (Å²) in [5.41, 5.74) is 0.997. The van der Waals surface area contributed by atoms with Gasteiger partial charge in [-0.15, -0.1) is 0 Å². The number of benzene rings is 1.